The molecule has 0 amide bonds. The fraction of sp³-hybridized carbons (Fsp3) is 0.871. The Morgan fingerprint density at radius 1 is 0.625 bits per heavy atom. The average molecular weight is 591 g/mol. The number of carbonyl (C=O) groups excluding carboxylic acids is 2. The van der Waals surface area contributed by atoms with Crippen LogP contribution in [0, 0.1) is 0 Å². The van der Waals surface area contributed by atoms with E-state index in [-0.39, 0.29) is 19.4 Å². The molecule has 2 N–H and O–H groups in total. The van der Waals surface area contributed by atoms with Crippen molar-refractivity contribution < 1.29 is 37.9 Å². The number of unbranched alkanes of at least 4 members (excludes halogenated alkanes) is 17. The third kappa shape index (κ3) is 29.8. The molecular formula is C31H59O8P. The van der Waals surface area contributed by atoms with Gasteiger partial charge in [-0.15, -0.1) is 0 Å². The molecule has 0 radical (unpaired) electrons. The van der Waals surface area contributed by atoms with E-state index >= 15 is 0 Å². The number of phosphoric ester groups is 1. The zero-order chi connectivity index (χ0) is 29.7. The van der Waals surface area contributed by atoms with Crippen LogP contribution < -0.4 is 0 Å². The maximum Gasteiger partial charge on any atom is 0.469 e. The molecule has 0 unspecified atom stereocenters. The lowest BCUT2D eigenvalue weighted by Crippen LogP contribution is -2.29. The van der Waals surface area contributed by atoms with Crippen molar-refractivity contribution in [2.45, 2.75) is 161 Å². The first-order valence-corrected chi connectivity index (χ1v) is 17.5. The highest BCUT2D eigenvalue weighted by atomic mass is 31.2. The largest absolute Gasteiger partial charge is 0.469 e. The molecule has 0 heterocycles. The Kier molecular flexibility index (Phi) is 27.1. The predicted octanol–water partition coefficient (Wildman–Crippen LogP) is 8.73. The maximum absolute atomic E-state index is 12.3. The number of rotatable bonds is 29. The first-order chi connectivity index (χ1) is 19.3. The van der Waals surface area contributed by atoms with Gasteiger partial charge in [-0.05, 0) is 38.5 Å². The summed E-state index contributed by atoms with van der Waals surface area (Å²) in [5, 5.41) is 0. The van der Waals surface area contributed by atoms with Gasteiger partial charge < -0.3 is 19.3 Å². The van der Waals surface area contributed by atoms with Gasteiger partial charge in [-0.25, -0.2) is 4.57 Å². The Balaban J connectivity index is 4.05. The molecule has 40 heavy (non-hydrogen) atoms. The number of ether oxygens (including phenoxy) is 2. The molecule has 0 aromatic rings. The zero-order valence-corrected chi connectivity index (χ0v) is 26.4. The van der Waals surface area contributed by atoms with Gasteiger partial charge in [0.2, 0.25) is 0 Å². The lowest BCUT2D eigenvalue weighted by atomic mass is 10.1. The van der Waals surface area contributed by atoms with Gasteiger partial charge >= 0.3 is 19.8 Å². The van der Waals surface area contributed by atoms with Crippen molar-refractivity contribution in [2.24, 2.45) is 0 Å². The second kappa shape index (κ2) is 27.9. The van der Waals surface area contributed by atoms with Crippen molar-refractivity contribution in [3.8, 4) is 0 Å². The quantitative estimate of drug-likeness (QED) is 0.0384. The van der Waals surface area contributed by atoms with Gasteiger partial charge in [-0.3, -0.25) is 14.1 Å². The van der Waals surface area contributed by atoms with E-state index in [9.17, 15) is 14.2 Å². The molecule has 0 saturated heterocycles. The molecule has 0 aliphatic rings. The van der Waals surface area contributed by atoms with Crippen molar-refractivity contribution in [3.63, 3.8) is 0 Å². The molecule has 0 aliphatic carbocycles. The Bertz CT molecular complexity index is 676. The lowest BCUT2D eigenvalue weighted by Gasteiger charge is -2.18. The molecular weight excluding hydrogens is 531 g/mol. The summed E-state index contributed by atoms with van der Waals surface area (Å²) in [7, 11) is -4.74. The molecule has 0 saturated carbocycles. The van der Waals surface area contributed by atoms with E-state index < -0.39 is 32.5 Å². The highest BCUT2D eigenvalue weighted by Crippen LogP contribution is 2.35. The van der Waals surface area contributed by atoms with E-state index in [1.807, 2.05) is 0 Å². The van der Waals surface area contributed by atoms with Gasteiger partial charge in [0.15, 0.2) is 6.10 Å². The third-order valence-electron chi connectivity index (χ3n) is 6.78. The van der Waals surface area contributed by atoms with Crippen LogP contribution in [0.15, 0.2) is 12.2 Å². The van der Waals surface area contributed by atoms with Gasteiger partial charge in [-0.1, -0.05) is 116 Å². The minimum absolute atomic E-state index is 0.205. The molecule has 0 aromatic carbocycles. The maximum atomic E-state index is 12.3. The van der Waals surface area contributed by atoms with Gasteiger partial charge in [0.1, 0.15) is 6.61 Å². The monoisotopic (exact) mass is 590 g/mol. The van der Waals surface area contributed by atoms with E-state index in [1.165, 1.54) is 64.2 Å². The van der Waals surface area contributed by atoms with Crippen LogP contribution in [0.4, 0.5) is 0 Å². The summed E-state index contributed by atoms with van der Waals surface area (Å²) in [6.07, 6.45) is 26.5. The van der Waals surface area contributed by atoms with Gasteiger partial charge in [-0.2, -0.15) is 0 Å². The molecule has 0 spiro atoms. The lowest BCUT2D eigenvalue weighted by molar-refractivity contribution is -0.161. The smallest absolute Gasteiger partial charge is 0.462 e. The molecule has 9 heteroatoms. The minimum atomic E-state index is -4.74. The molecule has 0 rings (SSSR count). The summed E-state index contributed by atoms with van der Waals surface area (Å²) in [6.45, 7) is 3.61. The predicted molar refractivity (Wildman–Crippen MR) is 161 cm³/mol. The van der Waals surface area contributed by atoms with Crippen LogP contribution in [0.25, 0.3) is 0 Å². The molecule has 8 nitrogen and oxygen atoms in total. The van der Waals surface area contributed by atoms with Crippen molar-refractivity contribution in [2.75, 3.05) is 13.2 Å². The second-order valence-corrected chi connectivity index (χ2v) is 12.0. The number of hydrogen-bond donors (Lipinski definition) is 2. The molecule has 0 bridgehead atoms. The number of allylic oxidation sites excluding steroid dienone is 2. The summed E-state index contributed by atoms with van der Waals surface area (Å²) < 4.78 is 26.1. The standard InChI is InChI=1S/C31H59O8P/c1-3-5-7-9-11-13-15-16-18-20-22-24-26-31(33)39-29(28-38-40(34,35)36)27-37-30(32)25-23-21-19-17-14-12-10-8-6-4-2/h11,13,29H,3-10,12,14-28H2,1-2H3,(H2,34,35,36)/b13-11+/t29-/m1/s1. The topological polar surface area (TPSA) is 119 Å². The first kappa shape index (κ1) is 38.8. The van der Waals surface area contributed by atoms with Gasteiger partial charge in [0.25, 0.3) is 0 Å². The van der Waals surface area contributed by atoms with Crippen molar-refractivity contribution in [1.82, 2.24) is 0 Å². The van der Waals surface area contributed by atoms with Crippen LogP contribution in [-0.2, 0) is 28.2 Å². The van der Waals surface area contributed by atoms with Gasteiger partial charge in [0, 0.05) is 12.8 Å². The summed E-state index contributed by atoms with van der Waals surface area (Å²) in [6, 6.07) is 0. The molecule has 0 aromatic heterocycles. The van der Waals surface area contributed by atoms with Crippen LogP contribution in [0.2, 0.25) is 0 Å². The van der Waals surface area contributed by atoms with Crippen LogP contribution >= 0.6 is 7.82 Å². The number of hydrogen-bond acceptors (Lipinski definition) is 6. The Morgan fingerprint density at radius 3 is 1.57 bits per heavy atom. The van der Waals surface area contributed by atoms with E-state index in [0.717, 1.165) is 57.8 Å². The van der Waals surface area contributed by atoms with Crippen molar-refractivity contribution >= 4 is 19.8 Å². The summed E-state index contributed by atoms with van der Waals surface area (Å²) in [5.74, 6) is -0.896. The third-order valence-corrected chi connectivity index (χ3v) is 7.27. The van der Waals surface area contributed by atoms with E-state index in [1.54, 1.807) is 0 Å². The van der Waals surface area contributed by atoms with E-state index in [4.69, 9.17) is 19.3 Å². The molecule has 236 valence electrons. The highest BCUT2D eigenvalue weighted by Gasteiger charge is 2.22. The minimum Gasteiger partial charge on any atom is -0.462 e. The van der Waals surface area contributed by atoms with E-state index in [0.29, 0.717) is 6.42 Å². The Hall–Kier alpha value is -1.21. The van der Waals surface area contributed by atoms with E-state index in [2.05, 4.69) is 30.5 Å². The van der Waals surface area contributed by atoms with Crippen LogP contribution in [0.3, 0.4) is 0 Å². The second-order valence-electron chi connectivity index (χ2n) is 10.8. The highest BCUT2D eigenvalue weighted by molar-refractivity contribution is 7.46. The van der Waals surface area contributed by atoms with Crippen LogP contribution in [0.5, 0.6) is 0 Å². The number of carbonyl (C=O) groups is 2. The van der Waals surface area contributed by atoms with Crippen LogP contribution in [0.1, 0.15) is 155 Å². The van der Waals surface area contributed by atoms with Crippen molar-refractivity contribution in [1.29, 1.82) is 0 Å². The molecule has 1 atom stereocenters. The summed E-state index contributed by atoms with van der Waals surface area (Å²) >= 11 is 0. The number of phosphoric acid groups is 1. The Morgan fingerprint density at radius 2 is 1.05 bits per heavy atom. The molecule has 0 fully saturated rings. The fourth-order valence-electron chi connectivity index (χ4n) is 4.37. The Labute approximate surface area is 244 Å². The summed E-state index contributed by atoms with van der Waals surface area (Å²) in [4.78, 5) is 42.4. The van der Waals surface area contributed by atoms with Gasteiger partial charge in [0.05, 0.1) is 6.61 Å². The first-order valence-electron chi connectivity index (χ1n) is 16.0. The van der Waals surface area contributed by atoms with Crippen molar-refractivity contribution in [3.05, 3.63) is 12.2 Å². The molecule has 0 aliphatic heterocycles. The summed E-state index contributed by atoms with van der Waals surface area (Å²) in [5.41, 5.74) is 0. The van der Waals surface area contributed by atoms with Crippen LogP contribution in [-0.4, -0.2) is 41.0 Å². The fourth-order valence-corrected chi connectivity index (χ4v) is 4.73. The zero-order valence-electron chi connectivity index (χ0n) is 25.5. The normalized spacial score (nSPS) is 12.6. The number of esters is 2. The average Bonchev–Trinajstić information content (AvgIpc) is 2.91. The SMILES string of the molecule is CCCCC/C=C/CCCCCCCC(=O)O[C@H](COC(=O)CCCCCCCCCCCC)COP(=O)(O)O.